The lowest BCUT2D eigenvalue weighted by molar-refractivity contribution is 0.354. The van der Waals surface area contributed by atoms with Crippen molar-refractivity contribution in [2.45, 2.75) is 18.9 Å². The van der Waals surface area contributed by atoms with Crippen molar-refractivity contribution < 1.29 is 9.47 Å². The molecule has 1 heterocycles. The highest BCUT2D eigenvalue weighted by Gasteiger charge is 2.11. The third-order valence-electron chi connectivity index (χ3n) is 3.20. The first kappa shape index (κ1) is 14.3. The lowest BCUT2D eigenvalue weighted by atomic mass is 10.0. The van der Waals surface area contributed by atoms with Gasteiger partial charge in [-0.25, -0.2) is 4.98 Å². The monoisotopic (exact) mass is 276 g/mol. The Kier molecular flexibility index (Phi) is 4.57. The van der Waals surface area contributed by atoms with Crippen LogP contribution in [0.5, 0.6) is 11.5 Å². The molecule has 0 amide bonds. The van der Waals surface area contributed by atoms with Crippen molar-refractivity contribution in [2.24, 2.45) is 12.8 Å². The van der Waals surface area contributed by atoms with Crippen LogP contribution in [0, 0.1) is 0 Å². The highest BCUT2D eigenvalue weighted by atomic mass is 16.5. The van der Waals surface area contributed by atoms with Gasteiger partial charge in [0.25, 0.3) is 0 Å². The van der Waals surface area contributed by atoms with E-state index in [1.165, 1.54) is 0 Å². The number of aryl methyl sites for hydroxylation is 1. The van der Waals surface area contributed by atoms with Crippen molar-refractivity contribution >= 4 is 0 Å². The second-order valence-corrected chi connectivity index (χ2v) is 4.66. The first-order chi connectivity index (χ1) is 9.63. The highest BCUT2D eigenvalue weighted by Crippen LogP contribution is 2.27. The Morgan fingerprint density at radius 2 is 1.95 bits per heavy atom. The Labute approximate surface area is 118 Å². The summed E-state index contributed by atoms with van der Waals surface area (Å²) in [7, 11) is 5.11. The number of aromatic nitrogens is 3. The Balaban J connectivity index is 2.04. The maximum atomic E-state index is 6.17. The Hall–Kier alpha value is -2.08. The molecule has 0 aliphatic rings. The molecule has 6 nitrogen and oxygen atoms in total. The van der Waals surface area contributed by atoms with E-state index in [1.807, 2.05) is 25.2 Å². The zero-order valence-electron chi connectivity index (χ0n) is 12.0. The summed E-state index contributed by atoms with van der Waals surface area (Å²) in [5, 5.41) is 4.04. The molecular formula is C14H20N4O2. The van der Waals surface area contributed by atoms with Crippen molar-refractivity contribution in [1.82, 2.24) is 14.8 Å². The SMILES string of the molecule is COc1ccc(CC(N)Cc2ncnn2C)cc1OC. The predicted molar refractivity (Wildman–Crippen MR) is 75.9 cm³/mol. The molecule has 2 N–H and O–H groups in total. The summed E-state index contributed by atoms with van der Waals surface area (Å²) in [6.07, 6.45) is 2.97. The largest absolute Gasteiger partial charge is 0.493 e. The Morgan fingerprint density at radius 3 is 2.55 bits per heavy atom. The standard InChI is InChI=1S/C14H20N4O2/c1-18-14(16-9-17-18)8-11(15)6-10-4-5-12(19-2)13(7-10)20-3/h4-5,7,9,11H,6,8,15H2,1-3H3. The summed E-state index contributed by atoms with van der Waals surface area (Å²) >= 11 is 0. The van der Waals surface area contributed by atoms with Gasteiger partial charge in [-0.15, -0.1) is 0 Å². The molecule has 0 aliphatic carbocycles. The number of nitrogens with zero attached hydrogens (tertiary/aromatic N) is 3. The zero-order chi connectivity index (χ0) is 14.5. The minimum Gasteiger partial charge on any atom is -0.493 e. The number of hydrogen-bond acceptors (Lipinski definition) is 5. The predicted octanol–water partition coefficient (Wildman–Crippen LogP) is 0.945. The molecule has 2 rings (SSSR count). The van der Waals surface area contributed by atoms with E-state index in [0.717, 1.165) is 29.3 Å². The summed E-state index contributed by atoms with van der Waals surface area (Å²) in [6, 6.07) is 5.83. The van der Waals surface area contributed by atoms with Crippen molar-refractivity contribution in [1.29, 1.82) is 0 Å². The minimum absolute atomic E-state index is 0.0176. The molecule has 0 spiro atoms. The normalized spacial score (nSPS) is 12.2. The number of methoxy groups -OCH3 is 2. The third kappa shape index (κ3) is 3.27. The molecule has 0 saturated carbocycles. The summed E-state index contributed by atoms with van der Waals surface area (Å²) in [5.41, 5.74) is 7.28. The molecule has 0 saturated heterocycles. The maximum absolute atomic E-state index is 6.17. The molecule has 108 valence electrons. The van der Waals surface area contributed by atoms with Crippen molar-refractivity contribution in [3.8, 4) is 11.5 Å². The van der Waals surface area contributed by atoms with E-state index < -0.39 is 0 Å². The van der Waals surface area contributed by atoms with Crippen LogP contribution < -0.4 is 15.2 Å². The van der Waals surface area contributed by atoms with E-state index in [-0.39, 0.29) is 6.04 Å². The van der Waals surface area contributed by atoms with Crippen molar-refractivity contribution in [3.05, 3.63) is 35.9 Å². The average Bonchev–Trinajstić information content (AvgIpc) is 2.84. The average molecular weight is 276 g/mol. The fourth-order valence-corrected chi connectivity index (χ4v) is 2.12. The summed E-state index contributed by atoms with van der Waals surface area (Å²) in [5.74, 6) is 2.33. The molecule has 6 heteroatoms. The topological polar surface area (TPSA) is 75.2 Å². The van der Waals surface area contributed by atoms with E-state index >= 15 is 0 Å². The number of ether oxygens (including phenoxy) is 2. The molecule has 0 aliphatic heterocycles. The summed E-state index contributed by atoms with van der Waals surface area (Å²) < 4.78 is 12.3. The van der Waals surface area contributed by atoms with E-state index in [2.05, 4.69) is 10.1 Å². The van der Waals surface area contributed by atoms with Gasteiger partial charge >= 0.3 is 0 Å². The first-order valence-corrected chi connectivity index (χ1v) is 6.43. The van der Waals surface area contributed by atoms with Gasteiger partial charge in [-0.2, -0.15) is 5.10 Å². The van der Waals surface area contributed by atoms with Crippen molar-refractivity contribution in [2.75, 3.05) is 14.2 Å². The second kappa shape index (κ2) is 6.38. The van der Waals surface area contributed by atoms with Gasteiger partial charge in [0, 0.05) is 19.5 Å². The van der Waals surface area contributed by atoms with Gasteiger partial charge in [-0.3, -0.25) is 4.68 Å². The number of hydrogen-bond donors (Lipinski definition) is 1. The van der Waals surface area contributed by atoms with Crippen LogP contribution in [0.3, 0.4) is 0 Å². The van der Waals surface area contributed by atoms with E-state index in [9.17, 15) is 0 Å². The molecule has 0 fully saturated rings. The van der Waals surface area contributed by atoms with Gasteiger partial charge in [0.1, 0.15) is 12.2 Å². The molecule has 1 aromatic carbocycles. The fraction of sp³-hybridized carbons (Fsp3) is 0.429. The summed E-state index contributed by atoms with van der Waals surface area (Å²) in [4.78, 5) is 4.19. The maximum Gasteiger partial charge on any atom is 0.160 e. The van der Waals surface area contributed by atoms with Gasteiger partial charge in [0.15, 0.2) is 11.5 Å². The van der Waals surface area contributed by atoms with Crippen LogP contribution in [0.1, 0.15) is 11.4 Å². The van der Waals surface area contributed by atoms with Crippen LogP contribution in [0.2, 0.25) is 0 Å². The van der Waals surface area contributed by atoms with Gasteiger partial charge in [0.05, 0.1) is 14.2 Å². The summed E-state index contributed by atoms with van der Waals surface area (Å²) in [6.45, 7) is 0. The van der Waals surface area contributed by atoms with Crippen LogP contribution in [-0.4, -0.2) is 35.0 Å². The Morgan fingerprint density at radius 1 is 1.20 bits per heavy atom. The van der Waals surface area contributed by atoms with Gasteiger partial charge in [0.2, 0.25) is 0 Å². The Bertz CT molecular complexity index is 568. The minimum atomic E-state index is -0.0176. The number of rotatable bonds is 6. The second-order valence-electron chi connectivity index (χ2n) is 4.66. The van der Waals surface area contributed by atoms with Crippen LogP contribution in [0.25, 0.3) is 0 Å². The molecule has 2 aromatic rings. The smallest absolute Gasteiger partial charge is 0.160 e. The highest BCUT2D eigenvalue weighted by molar-refractivity contribution is 5.43. The van der Waals surface area contributed by atoms with E-state index in [1.54, 1.807) is 25.2 Å². The molecule has 1 aromatic heterocycles. The van der Waals surface area contributed by atoms with Gasteiger partial charge in [-0.1, -0.05) is 6.07 Å². The fourth-order valence-electron chi connectivity index (χ4n) is 2.12. The van der Waals surface area contributed by atoms with Crippen LogP contribution in [-0.2, 0) is 19.9 Å². The van der Waals surface area contributed by atoms with Gasteiger partial charge < -0.3 is 15.2 Å². The van der Waals surface area contributed by atoms with Crippen molar-refractivity contribution in [3.63, 3.8) is 0 Å². The molecule has 20 heavy (non-hydrogen) atoms. The molecule has 1 atom stereocenters. The number of benzene rings is 1. The lowest BCUT2D eigenvalue weighted by Crippen LogP contribution is -2.27. The van der Waals surface area contributed by atoms with Crippen LogP contribution in [0.4, 0.5) is 0 Å². The van der Waals surface area contributed by atoms with E-state index in [0.29, 0.717) is 6.42 Å². The first-order valence-electron chi connectivity index (χ1n) is 6.43. The molecule has 0 bridgehead atoms. The zero-order valence-corrected chi connectivity index (χ0v) is 12.0. The van der Waals surface area contributed by atoms with Gasteiger partial charge in [-0.05, 0) is 24.1 Å². The quantitative estimate of drug-likeness (QED) is 0.850. The molecule has 0 radical (unpaired) electrons. The number of nitrogens with two attached hydrogens (primary N) is 1. The third-order valence-corrected chi connectivity index (χ3v) is 3.20. The molecule has 1 unspecified atom stereocenters. The van der Waals surface area contributed by atoms with Crippen LogP contribution >= 0.6 is 0 Å². The molecular weight excluding hydrogens is 256 g/mol. The lowest BCUT2D eigenvalue weighted by Gasteiger charge is -2.13. The van der Waals surface area contributed by atoms with Crippen LogP contribution in [0.15, 0.2) is 24.5 Å². The van der Waals surface area contributed by atoms with E-state index in [4.69, 9.17) is 15.2 Å².